The summed E-state index contributed by atoms with van der Waals surface area (Å²) in [6, 6.07) is 0.384. The first-order valence-corrected chi connectivity index (χ1v) is 7.72. The molecule has 0 unspecified atom stereocenters. The summed E-state index contributed by atoms with van der Waals surface area (Å²) in [5.74, 6) is 0.680. The fraction of sp³-hybridized carbons (Fsp3) is 0.636. The van der Waals surface area contributed by atoms with Gasteiger partial charge in [0.05, 0.1) is 10.6 Å². The zero-order valence-electron chi connectivity index (χ0n) is 9.69. The van der Waals surface area contributed by atoms with Gasteiger partial charge < -0.3 is 10.4 Å². The van der Waals surface area contributed by atoms with Crippen molar-refractivity contribution >= 4 is 33.6 Å². The molecule has 6 heteroatoms. The lowest BCUT2D eigenvalue weighted by atomic mass is 9.93. The van der Waals surface area contributed by atoms with Gasteiger partial charge in [0.1, 0.15) is 5.03 Å². The SMILES string of the molecule is CSc1nc(N[C@H]2CC[C@H](O)CC2)ncc1Br. The number of aliphatic hydroxyl groups excluding tert-OH is 1. The molecular formula is C11H16BrN3OS. The molecule has 0 atom stereocenters. The second-order valence-electron chi connectivity index (χ2n) is 4.20. The summed E-state index contributed by atoms with van der Waals surface area (Å²) in [5, 5.41) is 13.7. The van der Waals surface area contributed by atoms with Crippen LogP contribution in [0.4, 0.5) is 5.95 Å². The Morgan fingerprint density at radius 3 is 2.76 bits per heavy atom. The van der Waals surface area contributed by atoms with Crippen molar-refractivity contribution in [1.82, 2.24) is 9.97 Å². The summed E-state index contributed by atoms with van der Waals surface area (Å²) in [6.07, 6.45) is 7.34. The smallest absolute Gasteiger partial charge is 0.223 e. The van der Waals surface area contributed by atoms with Gasteiger partial charge in [-0.2, -0.15) is 0 Å². The molecule has 2 N–H and O–H groups in total. The fourth-order valence-corrected chi connectivity index (χ4v) is 3.07. The minimum Gasteiger partial charge on any atom is -0.393 e. The zero-order valence-corrected chi connectivity index (χ0v) is 12.1. The van der Waals surface area contributed by atoms with Crippen LogP contribution < -0.4 is 5.32 Å². The average molecular weight is 318 g/mol. The van der Waals surface area contributed by atoms with Gasteiger partial charge in [0, 0.05) is 12.2 Å². The van der Waals surface area contributed by atoms with Gasteiger partial charge in [-0.05, 0) is 47.9 Å². The summed E-state index contributed by atoms with van der Waals surface area (Å²) >= 11 is 5.01. The minimum atomic E-state index is -0.124. The molecule has 1 saturated carbocycles. The van der Waals surface area contributed by atoms with E-state index in [1.54, 1.807) is 18.0 Å². The van der Waals surface area contributed by atoms with Crippen molar-refractivity contribution in [2.24, 2.45) is 0 Å². The normalized spacial score (nSPS) is 24.6. The second-order valence-corrected chi connectivity index (χ2v) is 5.85. The predicted octanol–water partition coefficient (Wildman–Crippen LogP) is 2.68. The zero-order chi connectivity index (χ0) is 12.3. The van der Waals surface area contributed by atoms with E-state index in [2.05, 4.69) is 31.2 Å². The van der Waals surface area contributed by atoms with E-state index in [1.807, 2.05) is 6.26 Å². The molecule has 1 aliphatic rings. The molecule has 0 bridgehead atoms. The van der Waals surface area contributed by atoms with E-state index in [-0.39, 0.29) is 6.10 Å². The Morgan fingerprint density at radius 1 is 1.41 bits per heavy atom. The number of nitrogens with zero attached hydrogens (tertiary/aromatic N) is 2. The molecule has 17 heavy (non-hydrogen) atoms. The van der Waals surface area contributed by atoms with Gasteiger partial charge in [-0.15, -0.1) is 11.8 Å². The quantitative estimate of drug-likeness (QED) is 0.663. The molecule has 1 heterocycles. The number of thioether (sulfide) groups is 1. The van der Waals surface area contributed by atoms with Crippen molar-refractivity contribution < 1.29 is 5.11 Å². The molecule has 1 aromatic heterocycles. The first-order valence-electron chi connectivity index (χ1n) is 5.70. The van der Waals surface area contributed by atoms with Crippen LogP contribution in [0, 0.1) is 0 Å². The molecule has 94 valence electrons. The van der Waals surface area contributed by atoms with Crippen LogP contribution in [0.3, 0.4) is 0 Å². The van der Waals surface area contributed by atoms with Crippen LogP contribution in [0.1, 0.15) is 25.7 Å². The second kappa shape index (κ2) is 6.02. The summed E-state index contributed by atoms with van der Waals surface area (Å²) in [4.78, 5) is 8.69. The van der Waals surface area contributed by atoms with E-state index < -0.39 is 0 Å². The highest BCUT2D eigenvalue weighted by Gasteiger charge is 2.19. The maximum Gasteiger partial charge on any atom is 0.223 e. The Balaban J connectivity index is 1.99. The van der Waals surface area contributed by atoms with Crippen LogP contribution in [-0.4, -0.2) is 33.5 Å². The Labute approximate surface area is 114 Å². The standard InChI is InChI=1S/C11H16BrN3OS/c1-17-10-9(12)6-13-11(15-10)14-7-2-4-8(16)5-3-7/h6-8,16H,2-5H2,1H3,(H,13,14,15)/t7-,8-. The maximum atomic E-state index is 9.44. The molecule has 4 nitrogen and oxygen atoms in total. The van der Waals surface area contributed by atoms with Gasteiger partial charge in [0.2, 0.25) is 5.95 Å². The average Bonchev–Trinajstić information content (AvgIpc) is 2.34. The monoisotopic (exact) mass is 317 g/mol. The van der Waals surface area contributed by atoms with Crippen molar-refractivity contribution in [3.05, 3.63) is 10.7 Å². The van der Waals surface area contributed by atoms with Crippen LogP contribution >= 0.6 is 27.7 Å². The lowest BCUT2D eigenvalue weighted by Gasteiger charge is -2.26. The fourth-order valence-electron chi connectivity index (χ4n) is 1.97. The molecule has 1 aliphatic carbocycles. The van der Waals surface area contributed by atoms with Crippen LogP contribution in [0.5, 0.6) is 0 Å². The van der Waals surface area contributed by atoms with Crippen molar-refractivity contribution in [3.63, 3.8) is 0 Å². The van der Waals surface area contributed by atoms with Crippen LogP contribution in [0.2, 0.25) is 0 Å². The number of aromatic nitrogens is 2. The Hall–Kier alpha value is -0.330. The molecule has 0 amide bonds. The highest BCUT2D eigenvalue weighted by atomic mass is 79.9. The molecule has 0 aromatic carbocycles. The van der Waals surface area contributed by atoms with Gasteiger partial charge in [0.25, 0.3) is 0 Å². The highest BCUT2D eigenvalue weighted by Crippen LogP contribution is 2.25. The van der Waals surface area contributed by atoms with E-state index in [0.717, 1.165) is 35.2 Å². The van der Waals surface area contributed by atoms with Crippen molar-refractivity contribution in [2.75, 3.05) is 11.6 Å². The molecule has 1 aromatic rings. The van der Waals surface area contributed by atoms with Gasteiger partial charge in [-0.3, -0.25) is 0 Å². The van der Waals surface area contributed by atoms with E-state index >= 15 is 0 Å². The van der Waals surface area contributed by atoms with Crippen molar-refractivity contribution in [3.8, 4) is 0 Å². The van der Waals surface area contributed by atoms with E-state index in [0.29, 0.717) is 12.0 Å². The topological polar surface area (TPSA) is 58.0 Å². The Bertz CT molecular complexity index is 383. The van der Waals surface area contributed by atoms with Crippen LogP contribution in [-0.2, 0) is 0 Å². The van der Waals surface area contributed by atoms with Gasteiger partial charge in [0.15, 0.2) is 0 Å². The maximum absolute atomic E-state index is 9.44. The third kappa shape index (κ3) is 3.56. The summed E-state index contributed by atoms with van der Waals surface area (Å²) in [7, 11) is 0. The van der Waals surface area contributed by atoms with Crippen molar-refractivity contribution in [2.45, 2.75) is 42.9 Å². The highest BCUT2D eigenvalue weighted by molar-refractivity contribution is 9.10. The predicted molar refractivity (Wildman–Crippen MR) is 73.4 cm³/mol. The molecular weight excluding hydrogens is 302 g/mol. The lowest BCUT2D eigenvalue weighted by molar-refractivity contribution is 0.126. The number of rotatable bonds is 3. The van der Waals surface area contributed by atoms with Gasteiger partial charge in [-0.25, -0.2) is 9.97 Å². The number of halogens is 1. The van der Waals surface area contributed by atoms with Gasteiger partial charge in [-0.1, -0.05) is 0 Å². The number of anilines is 1. The molecule has 0 saturated heterocycles. The number of hydrogen-bond donors (Lipinski definition) is 2. The Morgan fingerprint density at radius 2 is 2.12 bits per heavy atom. The molecule has 2 rings (SSSR count). The van der Waals surface area contributed by atoms with Crippen molar-refractivity contribution in [1.29, 1.82) is 0 Å². The number of hydrogen-bond acceptors (Lipinski definition) is 5. The largest absolute Gasteiger partial charge is 0.393 e. The van der Waals surface area contributed by atoms with Gasteiger partial charge >= 0.3 is 0 Å². The summed E-state index contributed by atoms with van der Waals surface area (Å²) in [6.45, 7) is 0. The van der Waals surface area contributed by atoms with Crippen LogP contribution in [0.25, 0.3) is 0 Å². The number of aliphatic hydroxyl groups is 1. The molecule has 1 fully saturated rings. The summed E-state index contributed by atoms with van der Waals surface area (Å²) in [5.41, 5.74) is 0. The first kappa shape index (κ1) is 13.1. The molecule has 0 spiro atoms. The third-order valence-electron chi connectivity index (χ3n) is 2.94. The third-order valence-corrected chi connectivity index (χ3v) is 4.48. The minimum absolute atomic E-state index is 0.124. The number of nitrogens with one attached hydrogen (secondary N) is 1. The van der Waals surface area contributed by atoms with E-state index in [1.165, 1.54) is 0 Å². The van der Waals surface area contributed by atoms with E-state index in [9.17, 15) is 5.11 Å². The molecule has 0 aliphatic heterocycles. The first-order chi connectivity index (χ1) is 8.19. The Kier molecular flexibility index (Phi) is 4.64. The van der Waals surface area contributed by atoms with E-state index in [4.69, 9.17) is 0 Å². The van der Waals surface area contributed by atoms with Crippen LogP contribution in [0.15, 0.2) is 15.7 Å². The lowest BCUT2D eigenvalue weighted by Crippen LogP contribution is -2.28. The summed E-state index contributed by atoms with van der Waals surface area (Å²) < 4.78 is 0.926. The molecule has 0 radical (unpaired) electrons.